The topological polar surface area (TPSA) is 84.6 Å². The Labute approximate surface area is 140 Å². The van der Waals surface area contributed by atoms with Gasteiger partial charge in [0.15, 0.2) is 5.58 Å². The molecule has 1 unspecified atom stereocenters. The van der Waals surface area contributed by atoms with Crippen LogP contribution in [-0.4, -0.2) is 43.5 Å². The van der Waals surface area contributed by atoms with Crippen LogP contribution in [0, 0.1) is 0 Å². The third-order valence-electron chi connectivity index (χ3n) is 4.19. The second-order valence-corrected chi connectivity index (χ2v) is 7.49. The predicted molar refractivity (Wildman–Crippen MR) is 89.5 cm³/mol. The Morgan fingerprint density at radius 3 is 2.78 bits per heavy atom. The lowest BCUT2D eigenvalue weighted by atomic mass is 10.1. The molecule has 3 rings (SSSR count). The van der Waals surface area contributed by atoms with Gasteiger partial charge in [-0.25, -0.2) is 13.2 Å². The van der Waals surface area contributed by atoms with Gasteiger partial charge in [0.05, 0.1) is 10.4 Å². The lowest BCUT2D eigenvalue weighted by Crippen LogP contribution is -2.46. The minimum Gasteiger partial charge on any atom is -0.408 e. The zero-order chi connectivity index (χ0) is 15.9. The number of nitrogens with zero attached hydrogens (tertiary/aromatic N) is 2. The first-order valence-electron chi connectivity index (χ1n) is 7.20. The minimum absolute atomic E-state index is 0. The fourth-order valence-electron chi connectivity index (χ4n) is 2.82. The van der Waals surface area contributed by atoms with Crippen molar-refractivity contribution in [1.82, 2.24) is 14.2 Å². The Balaban J connectivity index is 0.00000192. The number of aryl methyl sites for hydroxylation is 1. The number of oxazole rings is 1. The van der Waals surface area contributed by atoms with Gasteiger partial charge < -0.3 is 9.73 Å². The Morgan fingerprint density at radius 1 is 1.35 bits per heavy atom. The van der Waals surface area contributed by atoms with Crippen LogP contribution < -0.4 is 11.1 Å². The molecule has 1 fully saturated rings. The lowest BCUT2D eigenvalue weighted by molar-refractivity contribution is 0.293. The summed E-state index contributed by atoms with van der Waals surface area (Å²) in [4.78, 5) is 11.7. The third-order valence-corrected chi connectivity index (χ3v) is 6.06. The quantitative estimate of drug-likeness (QED) is 0.879. The number of halogens is 1. The van der Waals surface area contributed by atoms with Crippen LogP contribution in [0.15, 0.2) is 32.3 Å². The van der Waals surface area contributed by atoms with Crippen LogP contribution in [0.4, 0.5) is 0 Å². The normalized spacial score (nSPS) is 19.7. The summed E-state index contributed by atoms with van der Waals surface area (Å²) in [6, 6.07) is 4.72. The highest BCUT2D eigenvalue weighted by Gasteiger charge is 2.30. The van der Waals surface area contributed by atoms with Gasteiger partial charge in [-0.3, -0.25) is 4.57 Å². The van der Waals surface area contributed by atoms with E-state index in [1.807, 2.05) is 7.05 Å². The van der Waals surface area contributed by atoms with E-state index >= 15 is 0 Å². The van der Waals surface area contributed by atoms with Crippen molar-refractivity contribution in [2.45, 2.75) is 23.8 Å². The first-order valence-corrected chi connectivity index (χ1v) is 8.64. The van der Waals surface area contributed by atoms with Crippen LogP contribution in [0.2, 0.25) is 0 Å². The molecule has 0 radical (unpaired) electrons. The van der Waals surface area contributed by atoms with Gasteiger partial charge in [0.1, 0.15) is 0 Å². The molecule has 9 heteroatoms. The summed E-state index contributed by atoms with van der Waals surface area (Å²) in [6.45, 7) is 0.965. The maximum Gasteiger partial charge on any atom is 0.419 e. The standard InChI is InChI=1S/C14H19N3O4S.ClH/c1-15-10-4-3-7-17(9-10)22(19,20)11-5-6-12-13(8-11)21-14(18)16(12)2;/h5-6,8,10,15H,3-4,7,9H2,1-2H3;1H. The Morgan fingerprint density at radius 2 is 2.09 bits per heavy atom. The molecule has 0 spiro atoms. The fourth-order valence-corrected chi connectivity index (χ4v) is 4.36. The minimum atomic E-state index is -3.58. The van der Waals surface area contributed by atoms with Crippen molar-refractivity contribution in [3.8, 4) is 0 Å². The largest absolute Gasteiger partial charge is 0.419 e. The summed E-state index contributed by atoms with van der Waals surface area (Å²) in [5.74, 6) is -0.502. The number of piperidine rings is 1. The monoisotopic (exact) mass is 361 g/mol. The molecular formula is C14H20ClN3O4S. The van der Waals surface area contributed by atoms with E-state index in [0.29, 0.717) is 18.6 Å². The average molecular weight is 362 g/mol. The predicted octanol–water partition coefficient (Wildman–Crippen LogP) is 0.926. The zero-order valence-electron chi connectivity index (χ0n) is 13.0. The van der Waals surface area contributed by atoms with E-state index in [-0.39, 0.29) is 28.9 Å². The number of sulfonamides is 1. The van der Waals surface area contributed by atoms with Crippen molar-refractivity contribution in [2.75, 3.05) is 20.1 Å². The van der Waals surface area contributed by atoms with E-state index in [1.165, 1.54) is 21.0 Å². The van der Waals surface area contributed by atoms with Crippen LogP contribution >= 0.6 is 12.4 Å². The maximum atomic E-state index is 12.8. The fraction of sp³-hybridized carbons (Fsp3) is 0.500. The van der Waals surface area contributed by atoms with E-state index < -0.39 is 15.8 Å². The SMILES string of the molecule is CNC1CCCN(S(=O)(=O)c2ccc3c(c2)oc(=O)n3C)C1.Cl. The molecule has 1 aliphatic heterocycles. The van der Waals surface area contributed by atoms with Crippen molar-refractivity contribution < 1.29 is 12.8 Å². The van der Waals surface area contributed by atoms with Crippen LogP contribution in [0.3, 0.4) is 0 Å². The second kappa shape index (κ2) is 6.64. The number of aromatic nitrogens is 1. The van der Waals surface area contributed by atoms with E-state index in [2.05, 4.69) is 5.32 Å². The average Bonchev–Trinajstić information content (AvgIpc) is 2.81. The van der Waals surface area contributed by atoms with Gasteiger partial charge in [-0.05, 0) is 32.0 Å². The number of rotatable bonds is 3. The second-order valence-electron chi connectivity index (χ2n) is 5.55. The molecule has 1 aromatic heterocycles. The molecule has 2 heterocycles. The summed E-state index contributed by atoms with van der Waals surface area (Å²) >= 11 is 0. The third kappa shape index (κ3) is 3.16. The molecule has 7 nitrogen and oxygen atoms in total. The van der Waals surface area contributed by atoms with Crippen molar-refractivity contribution in [3.63, 3.8) is 0 Å². The van der Waals surface area contributed by atoms with Gasteiger partial charge in [-0.2, -0.15) is 4.31 Å². The van der Waals surface area contributed by atoms with E-state index in [9.17, 15) is 13.2 Å². The number of benzene rings is 1. The van der Waals surface area contributed by atoms with Gasteiger partial charge in [-0.15, -0.1) is 12.4 Å². The molecule has 2 aromatic rings. The molecule has 1 aromatic carbocycles. The summed E-state index contributed by atoms with van der Waals surface area (Å²) in [5, 5.41) is 3.13. The molecule has 0 aliphatic carbocycles. The van der Waals surface area contributed by atoms with Crippen LogP contribution in [0.5, 0.6) is 0 Å². The highest BCUT2D eigenvalue weighted by molar-refractivity contribution is 7.89. The highest BCUT2D eigenvalue weighted by Crippen LogP contribution is 2.23. The van der Waals surface area contributed by atoms with Crippen molar-refractivity contribution in [1.29, 1.82) is 0 Å². The van der Waals surface area contributed by atoms with Gasteiger partial charge >= 0.3 is 5.76 Å². The molecular weight excluding hydrogens is 342 g/mol. The Hall–Kier alpha value is -1.35. The smallest absolute Gasteiger partial charge is 0.408 e. The van der Waals surface area contributed by atoms with Crippen LogP contribution in [-0.2, 0) is 17.1 Å². The molecule has 0 bridgehead atoms. The number of fused-ring (bicyclic) bond motifs is 1. The number of hydrogen-bond donors (Lipinski definition) is 1. The Bertz CT molecular complexity index is 859. The van der Waals surface area contributed by atoms with Gasteiger partial charge in [-0.1, -0.05) is 0 Å². The van der Waals surface area contributed by atoms with E-state index in [4.69, 9.17) is 4.42 Å². The van der Waals surface area contributed by atoms with Crippen LogP contribution in [0.1, 0.15) is 12.8 Å². The van der Waals surface area contributed by atoms with Gasteiger partial charge in [0, 0.05) is 32.2 Å². The Kier molecular flexibility index (Phi) is 5.20. The molecule has 1 atom stereocenters. The first-order chi connectivity index (χ1) is 10.4. The molecule has 1 N–H and O–H groups in total. The number of likely N-dealkylation sites (N-methyl/N-ethyl adjacent to an activating group) is 1. The van der Waals surface area contributed by atoms with E-state index in [1.54, 1.807) is 13.1 Å². The highest BCUT2D eigenvalue weighted by atomic mass is 35.5. The summed E-state index contributed by atoms with van der Waals surface area (Å²) < 4.78 is 33.4. The van der Waals surface area contributed by atoms with Crippen molar-refractivity contribution in [2.24, 2.45) is 7.05 Å². The van der Waals surface area contributed by atoms with Crippen molar-refractivity contribution in [3.05, 3.63) is 28.7 Å². The molecule has 0 amide bonds. The maximum absolute atomic E-state index is 12.8. The molecule has 1 aliphatic rings. The van der Waals surface area contributed by atoms with Crippen molar-refractivity contribution >= 4 is 33.5 Å². The molecule has 128 valence electrons. The van der Waals surface area contributed by atoms with Crippen LogP contribution in [0.25, 0.3) is 11.1 Å². The summed E-state index contributed by atoms with van der Waals surface area (Å²) in [6.07, 6.45) is 1.79. The first kappa shape index (κ1) is 18.0. The summed E-state index contributed by atoms with van der Waals surface area (Å²) in [5.41, 5.74) is 0.867. The van der Waals surface area contributed by atoms with E-state index in [0.717, 1.165) is 12.8 Å². The number of nitrogens with one attached hydrogen (secondary N) is 1. The molecule has 0 saturated carbocycles. The zero-order valence-corrected chi connectivity index (χ0v) is 14.6. The lowest BCUT2D eigenvalue weighted by Gasteiger charge is -2.31. The number of hydrogen-bond acceptors (Lipinski definition) is 5. The molecule has 1 saturated heterocycles. The van der Waals surface area contributed by atoms with Gasteiger partial charge in [0.25, 0.3) is 0 Å². The summed E-state index contributed by atoms with van der Waals surface area (Å²) in [7, 11) is -0.152. The van der Waals surface area contributed by atoms with Gasteiger partial charge in [0.2, 0.25) is 10.0 Å². The molecule has 23 heavy (non-hydrogen) atoms.